The fourth-order valence-corrected chi connectivity index (χ4v) is 3.50. The predicted molar refractivity (Wildman–Crippen MR) is 112 cm³/mol. The smallest absolute Gasteiger partial charge is 0.332 e. The molecule has 3 rings (SSSR count). The summed E-state index contributed by atoms with van der Waals surface area (Å²) in [7, 11) is 0. The van der Waals surface area contributed by atoms with Crippen LogP contribution in [0, 0.1) is 13.8 Å². The monoisotopic (exact) mass is 377 g/mol. The topological polar surface area (TPSA) is 49.8 Å². The molecule has 0 saturated carbocycles. The molecule has 4 heteroatoms. The van der Waals surface area contributed by atoms with E-state index in [4.69, 9.17) is 9.84 Å². The number of aliphatic carboxylic acids is 1. The van der Waals surface area contributed by atoms with Crippen LogP contribution in [0.4, 0.5) is 0 Å². The number of aryl methyl sites for hydroxylation is 2. The average molecular weight is 377 g/mol. The molecule has 0 aliphatic carbocycles. The molecule has 0 spiro atoms. The minimum atomic E-state index is -0.827. The van der Waals surface area contributed by atoms with Crippen molar-refractivity contribution < 1.29 is 14.6 Å². The summed E-state index contributed by atoms with van der Waals surface area (Å²) < 4.78 is 5.94. The number of hydrogen-bond donors (Lipinski definition) is 1. The molecule has 146 valence electrons. The summed E-state index contributed by atoms with van der Waals surface area (Å²) in [5.74, 6) is -0.827. The second-order valence-corrected chi connectivity index (χ2v) is 7.13. The number of nitrogens with zero attached hydrogens (tertiary/aromatic N) is 1. The fraction of sp³-hybridized carbons (Fsp3) is 0.292. The van der Waals surface area contributed by atoms with E-state index in [1.54, 1.807) is 0 Å². The van der Waals surface area contributed by atoms with Crippen LogP contribution in [0.15, 0.2) is 66.4 Å². The zero-order chi connectivity index (χ0) is 19.9. The van der Waals surface area contributed by atoms with Crippen molar-refractivity contribution in [1.29, 1.82) is 0 Å². The van der Waals surface area contributed by atoms with Crippen LogP contribution in [-0.4, -0.2) is 42.2 Å². The zero-order valence-corrected chi connectivity index (χ0v) is 16.5. The summed E-state index contributed by atoms with van der Waals surface area (Å²) in [5.41, 5.74) is 6.26. The van der Waals surface area contributed by atoms with E-state index in [2.05, 4.69) is 43.0 Å². The predicted octanol–water partition coefficient (Wildman–Crippen LogP) is 4.43. The minimum Gasteiger partial charge on any atom is -0.499 e. The lowest BCUT2D eigenvalue weighted by Gasteiger charge is -2.25. The summed E-state index contributed by atoms with van der Waals surface area (Å²) >= 11 is 0. The third-order valence-electron chi connectivity index (χ3n) is 5.10. The first-order valence-electron chi connectivity index (χ1n) is 9.64. The number of carboxylic acid groups (broad SMARTS) is 1. The van der Waals surface area contributed by atoms with E-state index in [9.17, 15) is 4.79 Å². The highest BCUT2D eigenvalue weighted by Gasteiger charge is 2.17. The molecule has 2 aromatic rings. The van der Waals surface area contributed by atoms with Gasteiger partial charge in [0.2, 0.25) is 0 Å². The van der Waals surface area contributed by atoms with E-state index in [0.29, 0.717) is 25.3 Å². The van der Waals surface area contributed by atoms with Crippen molar-refractivity contribution in [2.75, 3.05) is 26.2 Å². The zero-order valence-electron chi connectivity index (χ0n) is 16.5. The maximum atomic E-state index is 11.2. The first kappa shape index (κ1) is 19.9. The summed E-state index contributed by atoms with van der Waals surface area (Å²) in [6.45, 7) is 6.78. The molecule has 0 radical (unpaired) electrons. The van der Waals surface area contributed by atoms with E-state index in [1.165, 1.54) is 11.1 Å². The molecule has 1 heterocycles. The van der Waals surface area contributed by atoms with Crippen LogP contribution in [0.25, 0.3) is 5.57 Å². The van der Waals surface area contributed by atoms with E-state index >= 15 is 0 Å². The SMILES string of the molecule is Cc1ccccc1C(=COCCN1CCC=C(C(=O)O)C1)c1ccccc1C. The van der Waals surface area contributed by atoms with Crippen LogP contribution >= 0.6 is 0 Å². The van der Waals surface area contributed by atoms with Gasteiger partial charge < -0.3 is 9.84 Å². The summed E-state index contributed by atoms with van der Waals surface area (Å²) in [6, 6.07) is 16.6. The van der Waals surface area contributed by atoms with Gasteiger partial charge >= 0.3 is 5.97 Å². The van der Waals surface area contributed by atoms with Gasteiger partial charge in [0.25, 0.3) is 0 Å². The van der Waals surface area contributed by atoms with Gasteiger partial charge in [-0.05, 0) is 42.5 Å². The van der Waals surface area contributed by atoms with Crippen molar-refractivity contribution in [3.8, 4) is 0 Å². The van der Waals surface area contributed by atoms with Crippen LogP contribution in [-0.2, 0) is 9.53 Å². The van der Waals surface area contributed by atoms with Gasteiger partial charge in [-0.3, -0.25) is 4.90 Å². The average Bonchev–Trinajstić information content (AvgIpc) is 2.70. The Morgan fingerprint density at radius 3 is 2.25 bits per heavy atom. The van der Waals surface area contributed by atoms with Crippen LogP contribution in [0.5, 0.6) is 0 Å². The molecule has 0 aromatic heterocycles. The molecule has 0 atom stereocenters. The van der Waals surface area contributed by atoms with Crippen molar-refractivity contribution in [1.82, 2.24) is 4.90 Å². The van der Waals surface area contributed by atoms with Crippen molar-refractivity contribution in [2.24, 2.45) is 0 Å². The van der Waals surface area contributed by atoms with Crippen molar-refractivity contribution >= 4 is 11.5 Å². The molecular weight excluding hydrogens is 350 g/mol. The fourth-order valence-electron chi connectivity index (χ4n) is 3.50. The molecule has 0 amide bonds. The first-order valence-corrected chi connectivity index (χ1v) is 9.64. The van der Waals surface area contributed by atoms with Crippen molar-refractivity contribution in [2.45, 2.75) is 20.3 Å². The molecule has 0 fully saturated rings. The highest BCUT2D eigenvalue weighted by atomic mass is 16.5. The number of carboxylic acids is 1. The quantitative estimate of drug-likeness (QED) is 0.573. The third-order valence-corrected chi connectivity index (χ3v) is 5.10. The third kappa shape index (κ3) is 4.90. The number of rotatable bonds is 7. The molecule has 2 aromatic carbocycles. The Labute approximate surface area is 166 Å². The van der Waals surface area contributed by atoms with Crippen molar-refractivity contribution in [3.63, 3.8) is 0 Å². The van der Waals surface area contributed by atoms with Gasteiger partial charge in [0, 0.05) is 30.8 Å². The highest BCUT2D eigenvalue weighted by Crippen LogP contribution is 2.28. The molecule has 0 unspecified atom stereocenters. The summed E-state index contributed by atoms with van der Waals surface area (Å²) in [4.78, 5) is 13.3. The lowest BCUT2D eigenvalue weighted by molar-refractivity contribution is -0.133. The normalized spacial score (nSPS) is 14.3. The highest BCUT2D eigenvalue weighted by molar-refractivity contribution is 5.87. The number of benzene rings is 2. The Hall–Kier alpha value is -2.85. The molecule has 0 bridgehead atoms. The van der Waals surface area contributed by atoms with Crippen LogP contribution in [0.3, 0.4) is 0 Å². The molecule has 0 saturated heterocycles. The Kier molecular flexibility index (Phi) is 6.66. The Balaban J connectivity index is 1.72. The van der Waals surface area contributed by atoms with Gasteiger partial charge in [-0.2, -0.15) is 0 Å². The Morgan fingerprint density at radius 2 is 1.68 bits per heavy atom. The maximum absolute atomic E-state index is 11.2. The number of ether oxygens (including phenoxy) is 1. The summed E-state index contributed by atoms with van der Waals surface area (Å²) in [5, 5.41) is 9.17. The van der Waals surface area contributed by atoms with Crippen LogP contribution in [0.1, 0.15) is 28.7 Å². The van der Waals surface area contributed by atoms with Gasteiger partial charge in [-0.15, -0.1) is 0 Å². The first-order chi connectivity index (χ1) is 13.6. The molecule has 1 aliphatic rings. The van der Waals surface area contributed by atoms with Crippen molar-refractivity contribution in [3.05, 3.63) is 88.7 Å². The van der Waals surface area contributed by atoms with Crippen LogP contribution < -0.4 is 0 Å². The molecule has 1 aliphatic heterocycles. The molecule has 28 heavy (non-hydrogen) atoms. The van der Waals surface area contributed by atoms with Gasteiger partial charge in [-0.25, -0.2) is 4.79 Å². The van der Waals surface area contributed by atoms with Gasteiger partial charge in [0.05, 0.1) is 6.26 Å². The lowest BCUT2D eigenvalue weighted by Crippen LogP contribution is -2.34. The minimum absolute atomic E-state index is 0.474. The van der Waals surface area contributed by atoms with E-state index < -0.39 is 5.97 Å². The van der Waals surface area contributed by atoms with E-state index in [0.717, 1.165) is 29.7 Å². The van der Waals surface area contributed by atoms with E-state index in [1.807, 2.05) is 36.6 Å². The molecule has 4 nitrogen and oxygen atoms in total. The molecule has 1 N–H and O–H groups in total. The summed E-state index contributed by atoms with van der Waals surface area (Å²) in [6.07, 6.45) is 4.44. The maximum Gasteiger partial charge on any atom is 0.332 e. The van der Waals surface area contributed by atoms with Gasteiger partial charge in [0.15, 0.2) is 0 Å². The number of hydrogen-bond acceptors (Lipinski definition) is 3. The standard InChI is InChI=1S/C24H27NO3/c1-18-8-3-5-11-21(18)23(22-12-6-4-9-19(22)2)17-28-15-14-25-13-7-10-20(16-25)24(26)27/h3-6,8-12,17H,7,13-16H2,1-2H3,(H,26,27). The van der Waals surface area contributed by atoms with Gasteiger partial charge in [-0.1, -0.05) is 54.6 Å². The van der Waals surface area contributed by atoms with Gasteiger partial charge in [0.1, 0.15) is 6.61 Å². The van der Waals surface area contributed by atoms with Crippen LogP contribution in [0.2, 0.25) is 0 Å². The molecular formula is C24H27NO3. The van der Waals surface area contributed by atoms with E-state index in [-0.39, 0.29) is 0 Å². The lowest BCUT2D eigenvalue weighted by atomic mass is 9.93. The largest absolute Gasteiger partial charge is 0.499 e. The Morgan fingerprint density at radius 1 is 1.07 bits per heavy atom. The Bertz CT molecular complexity index is 851. The number of carbonyl (C=O) groups is 1. The second-order valence-electron chi connectivity index (χ2n) is 7.13. The second kappa shape index (κ2) is 9.38.